The Kier molecular flexibility index (Phi) is 12.4. The maximum absolute atomic E-state index is 13.6. The Morgan fingerprint density at radius 1 is 0.947 bits per heavy atom. The summed E-state index contributed by atoms with van der Waals surface area (Å²) in [6.07, 6.45) is 9.79. The summed E-state index contributed by atoms with van der Waals surface area (Å²) in [6.45, 7) is 7.82. The van der Waals surface area contributed by atoms with E-state index in [2.05, 4.69) is 23.5 Å². The molecule has 7 nitrogen and oxygen atoms in total. The van der Waals surface area contributed by atoms with Gasteiger partial charge in [0.25, 0.3) is 0 Å². The molecule has 2 aromatic rings. The predicted molar refractivity (Wildman–Crippen MR) is 150 cm³/mol. The molecule has 2 rings (SSSR count). The van der Waals surface area contributed by atoms with E-state index in [4.69, 9.17) is 11.2 Å². The Hall–Kier alpha value is -3.79. The van der Waals surface area contributed by atoms with E-state index in [1.807, 2.05) is 30.3 Å². The first-order valence-electron chi connectivity index (χ1n) is 13.3. The third kappa shape index (κ3) is 10.7. The highest BCUT2D eigenvalue weighted by Crippen LogP contribution is 2.23. The number of nitrogens with zero attached hydrogens (tertiary/aromatic N) is 1. The average molecular weight is 520 g/mol. The molecule has 0 radical (unpaired) electrons. The summed E-state index contributed by atoms with van der Waals surface area (Å²) in [5, 5.41) is 5.52. The minimum atomic E-state index is -0.885. The molecular formula is C31H41N3O4. The quantitative estimate of drug-likeness (QED) is 0.276. The normalized spacial score (nSPS) is 11.7. The molecule has 0 aromatic heterocycles. The lowest BCUT2D eigenvalue weighted by Gasteiger charge is -2.32. The SMILES string of the molecule is C#Cc1ccc(C(C(=O)NCc2ccccc2)N(CCCCCCC)C(=O)CNC(=O)OC(C)(C)C)cc1. The van der Waals surface area contributed by atoms with Crippen molar-refractivity contribution in [1.29, 1.82) is 0 Å². The number of amides is 3. The highest BCUT2D eigenvalue weighted by molar-refractivity contribution is 5.90. The lowest BCUT2D eigenvalue weighted by Crippen LogP contribution is -2.48. The molecule has 0 heterocycles. The summed E-state index contributed by atoms with van der Waals surface area (Å²) >= 11 is 0. The second-order valence-corrected chi connectivity index (χ2v) is 10.2. The molecule has 0 aliphatic carbocycles. The van der Waals surface area contributed by atoms with Crippen LogP contribution in [0.15, 0.2) is 54.6 Å². The van der Waals surface area contributed by atoms with Gasteiger partial charge >= 0.3 is 6.09 Å². The molecule has 1 atom stereocenters. The van der Waals surface area contributed by atoms with Crippen molar-refractivity contribution < 1.29 is 19.1 Å². The van der Waals surface area contributed by atoms with Crippen LogP contribution in [0.5, 0.6) is 0 Å². The van der Waals surface area contributed by atoms with Gasteiger partial charge in [0, 0.05) is 18.7 Å². The lowest BCUT2D eigenvalue weighted by molar-refractivity contribution is -0.140. The Labute approximate surface area is 227 Å². The first kappa shape index (κ1) is 30.4. The minimum absolute atomic E-state index is 0.283. The number of benzene rings is 2. The Morgan fingerprint density at radius 3 is 2.21 bits per heavy atom. The minimum Gasteiger partial charge on any atom is -0.444 e. The zero-order chi connectivity index (χ0) is 28.0. The van der Waals surface area contributed by atoms with Gasteiger partial charge in [-0.15, -0.1) is 6.42 Å². The van der Waals surface area contributed by atoms with E-state index in [9.17, 15) is 14.4 Å². The lowest BCUT2D eigenvalue weighted by atomic mass is 10.0. The van der Waals surface area contributed by atoms with Crippen molar-refractivity contribution >= 4 is 17.9 Å². The van der Waals surface area contributed by atoms with Crippen LogP contribution in [0.4, 0.5) is 4.79 Å². The van der Waals surface area contributed by atoms with Crippen LogP contribution in [0.2, 0.25) is 0 Å². The van der Waals surface area contributed by atoms with Gasteiger partial charge in [-0.2, -0.15) is 0 Å². The van der Waals surface area contributed by atoms with Crippen molar-refractivity contribution in [2.45, 2.75) is 78.0 Å². The first-order valence-corrected chi connectivity index (χ1v) is 13.3. The first-order chi connectivity index (χ1) is 18.1. The zero-order valence-electron chi connectivity index (χ0n) is 23.1. The van der Waals surface area contributed by atoms with Crippen molar-refractivity contribution in [3.63, 3.8) is 0 Å². The smallest absolute Gasteiger partial charge is 0.408 e. The third-order valence-corrected chi connectivity index (χ3v) is 5.87. The maximum atomic E-state index is 13.6. The number of ether oxygens (including phenoxy) is 1. The molecule has 2 N–H and O–H groups in total. The molecule has 204 valence electrons. The van der Waals surface area contributed by atoms with Gasteiger partial charge in [0.1, 0.15) is 18.2 Å². The Bertz CT molecular complexity index is 1070. The van der Waals surface area contributed by atoms with E-state index in [1.165, 1.54) is 0 Å². The number of carbonyl (C=O) groups is 3. The van der Waals surface area contributed by atoms with Crippen LogP contribution in [-0.4, -0.2) is 41.5 Å². The fraction of sp³-hybridized carbons (Fsp3) is 0.452. The largest absolute Gasteiger partial charge is 0.444 e. The van der Waals surface area contributed by atoms with Crippen LogP contribution in [0.25, 0.3) is 0 Å². The number of hydrogen-bond acceptors (Lipinski definition) is 4. The molecule has 0 aliphatic rings. The standard InChI is InChI=1S/C31H41N3O4/c1-6-8-9-10-14-21-34(27(35)23-33-30(37)38-31(3,4)5)28(26-19-17-24(7-2)18-20-26)29(36)32-22-25-15-12-11-13-16-25/h2,11-13,15-20,28H,6,8-10,14,21-23H2,1,3-5H3,(H,32,36)(H,33,37). The van der Waals surface area contributed by atoms with E-state index in [0.29, 0.717) is 24.2 Å². The summed E-state index contributed by atoms with van der Waals surface area (Å²) in [5.74, 6) is 1.91. The molecule has 0 aliphatic heterocycles. The van der Waals surface area contributed by atoms with Crippen molar-refractivity contribution in [3.05, 3.63) is 71.3 Å². The van der Waals surface area contributed by atoms with Gasteiger partial charge in [0.15, 0.2) is 0 Å². The van der Waals surface area contributed by atoms with Gasteiger partial charge in [-0.25, -0.2) is 4.79 Å². The summed E-state index contributed by atoms with van der Waals surface area (Å²) in [5.41, 5.74) is 1.59. The van der Waals surface area contributed by atoms with E-state index >= 15 is 0 Å². The maximum Gasteiger partial charge on any atom is 0.408 e. The highest BCUT2D eigenvalue weighted by atomic mass is 16.6. The molecule has 1 unspecified atom stereocenters. The van der Waals surface area contributed by atoms with Gasteiger partial charge in [0.2, 0.25) is 11.8 Å². The summed E-state index contributed by atoms with van der Waals surface area (Å²) in [4.78, 5) is 40.9. The number of nitrogens with one attached hydrogen (secondary N) is 2. The van der Waals surface area contributed by atoms with Crippen LogP contribution in [-0.2, 0) is 20.9 Å². The van der Waals surface area contributed by atoms with Gasteiger partial charge in [0.05, 0.1) is 0 Å². The summed E-state index contributed by atoms with van der Waals surface area (Å²) < 4.78 is 5.28. The second-order valence-electron chi connectivity index (χ2n) is 10.2. The summed E-state index contributed by atoms with van der Waals surface area (Å²) in [7, 11) is 0. The van der Waals surface area contributed by atoms with Gasteiger partial charge in [-0.3, -0.25) is 9.59 Å². The van der Waals surface area contributed by atoms with Crippen LogP contribution in [0.3, 0.4) is 0 Å². The van der Waals surface area contributed by atoms with E-state index < -0.39 is 17.7 Å². The summed E-state index contributed by atoms with van der Waals surface area (Å²) in [6, 6.07) is 15.8. The van der Waals surface area contributed by atoms with Crippen LogP contribution in [0.1, 0.15) is 82.5 Å². The highest BCUT2D eigenvalue weighted by Gasteiger charge is 2.31. The Morgan fingerprint density at radius 2 is 1.61 bits per heavy atom. The van der Waals surface area contributed by atoms with Gasteiger partial charge in [-0.05, 0) is 50.5 Å². The van der Waals surface area contributed by atoms with Crippen molar-refractivity contribution in [2.75, 3.05) is 13.1 Å². The van der Waals surface area contributed by atoms with Crippen molar-refractivity contribution in [1.82, 2.24) is 15.5 Å². The van der Waals surface area contributed by atoms with Crippen LogP contribution in [0, 0.1) is 12.3 Å². The second kappa shape index (κ2) is 15.5. The molecule has 0 spiro atoms. The number of rotatable bonds is 13. The van der Waals surface area contributed by atoms with Crippen molar-refractivity contribution in [3.8, 4) is 12.3 Å². The van der Waals surface area contributed by atoms with Crippen LogP contribution < -0.4 is 10.6 Å². The average Bonchev–Trinajstić information content (AvgIpc) is 2.89. The van der Waals surface area contributed by atoms with Crippen LogP contribution >= 0.6 is 0 Å². The fourth-order valence-corrected chi connectivity index (χ4v) is 3.96. The topological polar surface area (TPSA) is 87.7 Å². The fourth-order valence-electron chi connectivity index (χ4n) is 3.96. The number of unbranched alkanes of at least 4 members (excludes halogenated alkanes) is 4. The predicted octanol–water partition coefficient (Wildman–Crippen LogP) is 5.35. The Balaban J connectivity index is 2.30. The number of terminal acetylenes is 1. The molecule has 0 bridgehead atoms. The molecule has 0 saturated heterocycles. The molecule has 7 heteroatoms. The van der Waals surface area contributed by atoms with E-state index in [0.717, 1.165) is 37.7 Å². The molecule has 0 fully saturated rings. The monoisotopic (exact) mass is 519 g/mol. The van der Waals surface area contributed by atoms with Gasteiger partial charge < -0.3 is 20.3 Å². The molecule has 38 heavy (non-hydrogen) atoms. The number of alkyl carbamates (subject to hydrolysis) is 1. The third-order valence-electron chi connectivity index (χ3n) is 5.87. The molecular weight excluding hydrogens is 478 g/mol. The van der Waals surface area contributed by atoms with Gasteiger partial charge in [-0.1, -0.05) is 81.0 Å². The molecule has 0 saturated carbocycles. The molecule has 3 amide bonds. The molecule has 2 aromatic carbocycles. The van der Waals surface area contributed by atoms with E-state index in [1.54, 1.807) is 49.9 Å². The zero-order valence-corrected chi connectivity index (χ0v) is 23.1. The van der Waals surface area contributed by atoms with E-state index in [-0.39, 0.29) is 18.4 Å². The number of carbonyl (C=O) groups excluding carboxylic acids is 3. The van der Waals surface area contributed by atoms with Crippen molar-refractivity contribution in [2.24, 2.45) is 0 Å². The number of hydrogen-bond donors (Lipinski definition) is 2.